The smallest absolute Gasteiger partial charge is 0.244 e. The van der Waals surface area contributed by atoms with Crippen LogP contribution in [0.2, 0.25) is 0 Å². The number of sulfonamides is 1. The molecule has 3 atom stereocenters. The van der Waals surface area contributed by atoms with Crippen molar-refractivity contribution in [1.29, 1.82) is 5.26 Å². The summed E-state index contributed by atoms with van der Waals surface area (Å²) < 4.78 is 41.2. The molecule has 0 N–H and O–H groups in total. The summed E-state index contributed by atoms with van der Waals surface area (Å²) in [6, 6.07) is 5.98. The second kappa shape index (κ2) is 5.80. The predicted molar refractivity (Wildman–Crippen MR) is 86.1 cm³/mol. The van der Waals surface area contributed by atoms with Gasteiger partial charge in [0.1, 0.15) is 22.3 Å². The minimum absolute atomic E-state index is 0.203. The van der Waals surface area contributed by atoms with Gasteiger partial charge in [0.25, 0.3) is 0 Å². The fraction of sp³-hybridized carbons (Fsp3) is 0.588. The summed E-state index contributed by atoms with van der Waals surface area (Å²) >= 11 is 0. The number of hydrogen-bond acceptors (Lipinski definition) is 4. The van der Waals surface area contributed by atoms with E-state index in [1.165, 1.54) is 29.3 Å². The molecule has 0 aromatic heterocycles. The maximum Gasteiger partial charge on any atom is 0.244 e. The zero-order chi connectivity index (χ0) is 16.9. The van der Waals surface area contributed by atoms with Crippen LogP contribution in [-0.2, 0) is 10.0 Å². The third kappa shape index (κ3) is 2.36. The van der Waals surface area contributed by atoms with Gasteiger partial charge in [-0.2, -0.15) is 9.57 Å². The standard InChI is InChI=1S/C17H20FN3O2S/c18-15-4-3-6-17(13(15)8-19)24(22,23)21-10-12-9-20-7-2-1-5-16(20)14(12)11-21/h3-4,6,12,14,16H,1-2,5,7,9-11H2/t12-,14-,16+/m0/s1. The molecule has 128 valence electrons. The van der Waals surface area contributed by atoms with Gasteiger partial charge in [-0.3, -0.25) is 4.90 Å². The zero-order valence-electron chi connectivity index (χ0n) is 13.4. The summed E-state index contributed by atoms with van der Waals surface area (Å²) in [6.07, 6.45) is 3.57. The molecular formula is C17H20FN3O2S. The number of hydrogen-bond donors (Lipinski definition) is 0. The maximum atomic E-state index is 13.8. The first-order valence-electron chi connectivity index (χ1n) is 8.45. The number of halogens is 1. The minimum Gasteiger partial charge on any atom is -0.300 e. The molecule has 1 aromatic rings. The highest BCUT2D eigenvalue weighted by atomic mass is 32.2. The Bertz CT molecular complexity index is 805. The van der Waals surface area contributed by atoms with E-state index in [-0.39, 0.29) is 10.5 Å². The number of nitriles is 1. The molecule has 5 nitrogen and oxygen atoms in total. The summed E-state index contributed by atoms with van der Waals surface area (Å²) in [7, 11) is -3.83. The predicted octanol–water partition coefficient (Wildman–Crippen LogP) is 1.80. The molecule has 3 saturated heterocycles. The van der Waals surface area contributed by atoms with Gasteiger partial charge in [-0.1, -0.05) is 12.5 Å². The van der Waals surface area contributed by atoms with E-state index in [1.807, 2.05) is 0 Å². The lowest BCUT2D eigenvalue weighted by molar-refractivity contribution is 0.165. The van der Waals surface area contributed by atoms with Crippen LogP contribution in [0.3, 0.4) is 0 Å². The SMILES string of the molecule is N#Cc1c(F)cccc1S(=O)(=O)N1C[C@@H]2CN3CCCC[C@@H]3[C@H]2C1. The monoisotopic (exact) mass is 349 g/mol. The van der Waals surface area contributed by atoms with E-state index in [9.17, 15) is 12.8 Å². The molecule has 24 heavy (non-hydrogen) atoms. The summed E-state index contributed by atoms with van der Waals surface area (Å²) in [5.74, 6) is -0.0717. The van der Waals surface area contributed by atoms with Gasteiger partial charge < -0.3 is 0 Å². The number of fused-ring (bicyclic) bond motifs is 3. The van der Waals surface area contributed by atoms with Crippen LogP contribution in [0, 0.1) is 29.0 Å². The summed E-state index contributed by atoms with van der Waals surface area (Å²) in [6.45, 7) is 3.03. The Morgan fingerprint density at radius 2 is 2.04 bits per heavy atom. The molecule has 3 fully saturated rings. The highest BCUT2D eigenvalue weighted by Crippen LogP contribution is 2.42. The van der Waals surface area contributed by atoms with E-state index in [0.717, 1.165) is 25.6 Å². The molecule has 3 aliphatic rings. The lowest BCUT2D eigenvalue weighted by Crippen LogP contribution is -2.41. The molecule has 3 heterocycles. The van der Waals surface area contributed by atoms with E-state index in [1.54, 1.807) is 6.07 Å². The normalized spacial score (nSPS) is 30.8. The third-order valence-electron chi connectivity index (χ3n) is 5.79. The third-order valence-corrected chi connectivity index (χ3v) is 7.66. The Morgan fingerprint density at radius 3 is 2.83 bits per heavy atom. The Balaban J connectivity index is 1.62. The van der Waals surface area contributed by atoms with Crippen molar-refractivity contribution in [2.45, 2.75) is 30.2 Å². The van der Waals surface area contributed by atoms with Crippen molar-refractivity contribution in [2.75, 3.05) is 26.2 Å². The van der Waals surface area contributed by atoms with Gasteiger partial charge in [0.15, 0.2) is 0 Å². The summed E-state index contributed by atoms with van der Waals surface area (Å²) in [4.78, 5) is 2.30. The second-order valence-corrected chi connectivity index (χ2v) is 8.94. The van der Waals surface area contributed by atoms with Crippen molar-refractivity contribution < 1.29 is 12.8 Å². The second-order valence-electron chi connectivity index (χ2n) is 7.03. The van der Waals surface area contributed by atoms with Crippen LogP contribution in [0.4, 0.5) is 4.39 Å². The van der Waals surface area contributed by atoms with E-state index in [0.29, 0.717) is 31.0 Å². The van der Waals surface area contributed by atoms with Crippen molar-refractivity contribution in [2.24, 2.45) is 11.8 Å². The van der Waals surface area contributed by atoms with Crippen LogP contribution < -0.4 is 0 Å². The molecule has 0 radical (unpaired) electrons. The maximum absolute atomic E-state index is 13.8. The van der Waals surface area contributed by atoms with Gasteiger partial charge in [-0.05, 0) is 43.4 Å². The van der Waals surface area contributed by atoms with Gasteiger partial charge in [-0.15, -0.1) is 0 Å². The van der Waals surface area contributed by atoms with Crippen LogP contribution in [0.5, 0.6) is 0 Å². The molecule has 0 amide bonds. The summed E-state index contributed by atoms with van der Waals surface area (Å²) in [5.41, 5.74) is -0.381. The molecule has 0 bridgehead atoms. The average molecular weight is 349 g/mol. The summed E-state index contributed by atoms with van der Waals surface area (Å²) in [5, 5.41) is 9.14. The highest BCUT2D eigenvalue weighted by molar-refractivity contribution is 7.89. The van der Waals surface area contributed by atoms with E-state index in [4.69, 9.17) is 5.26 Å². The van der Waals surface area contributed by atoms with Crippen molar-refractivity contribution in [3.63, 3.8) is 0 Å². The first-order chi connectivity index (χ1) is 11.5. The Morgan fingerprint density at radius 1 is 1.21 bits per heavy atom. The van der Waals surface area contributed by atoms with Crippen molar-refractivity contribution >= 4 is 10.0 Å². The number of piperidine rings is 1. The van der Waals surface area contributed by atoms with Crippen LogP contribution in [0.15, 0.2) is 23.1 Å². The zero-order valence-corrected chi connectivity index (χ0v) is 14.2. The van der Waals surface area contributed by atoms with Gasteiger partial charge >= 0.3 is 0 Å². The quantitative estimate of drug-likeness (QED) is 0.817. The molecular weight excluding hydrogens is 329 g/mol. The number of nitrogens with zero attached hydrogens (tertiary/aromatic N) is 3. The van der Waals surface area contributed by atoms with Gasteiger partial charge in [0.2, 0.25) is 10.0 Å². The van der Waals surface area contributed by atoms with E-state index in [2.05, 4.69) is 4.90 Å². The van der Waals surface area contributed by atoms with Crippen molar-refractivity contribution in [3.05, 3.63) is 29.6 Å². The van der Waals surface area contributed by atoms with Gasteiger partial charge in [0.05, 0.1) is 0 Å². The van der Waals surface area contributed by atoms with Crippen molar-refractivity contribution in [3.8, 4) is 6.07 Å². The Hall–Kier alpha value is -1.49. The first kappa shape index (κ1) is 16.0. The average Bonchev–Trinajstić information content (AvgIpc) is 3.12. The van der Waals surface area contributed by atoms with Crippen molar-refractivity contribution in [1.82, 2.24) is 9.21 Å². The molecule has 1 aromatic carbocycles. The molecule has 0 spiro atoms. The van der Waals surface area contributed by atoms with Crippen LogP contribution >= 0.6 is 0 Å². The molecule has 7 heteroatoms. The van der Waals surface area contributed by atoms with E-state index < -0.39 is 15.8 Å². The molecule has 0 unspecified atom stereocenters. The highest BCUT2D eigenvalue weighted by Gasteiger charge is 2.50. The molecule has 3 aliphatic heterocycles. The largest absolute Gasteiger partial charge is 0.300 e. The van der Waals surface area contributed by atoms with E-state index >= 15 is 0 Å². The minimum atomic E-state index is -3.83. The lowest BCUT2D eigenvalue weighted by Gasteiger charge is -2.33. The Kier molecular flexibility index (Phi) is 3.87. The van der Waals surface area contributed by atoms with Crippen LogP contribution in [0.1, 0.15) is 24.8 Å². The lowest BCUT2D eigenvalue weighted by atomic mass is 9.90. The molecule has 4 rings (SSSR count). The fourth-order valence-electron chi connectivity index (χ4n) is 4.68. The number of rotatable bonds is 2. The van der Waals surface area contributed by atoms with Crippen LogP contribution in [-0.4, -0.2) is 49.8 Å². The molecule has 0 aliphatic carbocycles. The topological polar surface area (TPSA) is 64.4 Å². The van der Waals surface area contributed by atoms with Gasteiger partial charge in [0, 0.05) is 25.7 Å². The molecule has 0 saturated carbocycles. The van der Waals surface area contributed by atoms with Crippen LogP contribution in [0.25, 0.3) is 0 Å². The number of benzene rings is 1. The fourth-order valence-corrected chi connectivity index (χ4v) is 6.36. The Labute approximate surface area is 141 Å². The first-order valence-corrected chi connectivity index (χ1v) is 9.89. The van der Waals surface area contributed by atoms with Gasteiger partial charge in [-0.25, -0.2) is 12.8 Å².